The largest absolute Gasteiger partial charge is 0.317 e. The number of hydrogen-bond donors (Lipinski definition) is 1. The van der Waals surface area contributed by atoms with E-state index in [2.05, 4.69) is 36.1 Å². The molecule has 19 heavy (non-hydrogen) atoms. The van der Waals surface area contributed by atoms with Crippen LogP contribution in [0.15, 0.2) is 0 Å². The van der Waals surface area contributed by atoms with Gasteiger partial charge < -0.3 is 10.2 Å². The maximum absolute atomic E-state index is 3.54. The zero-order chi connectivity index (χ0) is 13.4. The van der Waals surface area contributed by atoms with Gasteiger partial charge in [-0.25, -0.2) is 0 Å². The van der Waals surface area contributed by atoms with Crippen LogP contribution in [0.5, 0.6) is 0 Å². The van der Waals surface area contributed by atoms with Crippen LogP contribution in [0.25, 0.3) is 0 Å². The molecule has 0 aromatic carbocycles. The average Bonchev–Trinajstić information content (AvgIpc) is 2.37. The minimum absolute atomic E-state index is 0.771. The topological polar surface area (TPSA) is 18.5 Å². The molecule has 0 aromatic rings. The second-order valence-electron chi connectivity index (χ2n) is 7.24. The fourth-order valence-electron chi connectivity index (χ4n) is 4.98. The maximum atomic E-state index is 3.54. The van der Waals surface area contributed by atoms with Crippen LogP contribution in [0.1, 0.15) is 45.4 Å². The highest BCUT2D eigenvalue weighted by molar-refractivity contribution is 4.99. The van der Waals surface area contributed by atoms with Gasteiger partial charge in [-0.1, -0.05) is 13.3 Å². The van der Waals surface area contributed by atoms with Gasteiger partial charge in [0, 0.05) is 30.7 Å². The van der Waals surface area contributed by atoms with Crippen molar-refractivity contribution in [1.82, 2.24) is 15.1 Å². The number of fused-ring (bicyclic) bond motifs is 2. The van der Waals surface area contributed by atoms with Crippen LogP contribution < -0.4 is 5.32 Å². The van der Waals surface area contributed by atoms with Gasteiger partial charge >= 0.3 is 0 Å². The Morgan fingerprint density at radius 2 is 1.74 bits per heavy atom. The van der Waals surface area contributed by atoms with Crippen LogP contribution in [0.4, 0.5) is 0 Å². The molecule has 3 rings (SSSR count). The van der Waals surface area contributed by atoms with Crippen molar-refractivity contribution in [3.05, 3.63) is 0 Å². The number of nitrogens with one attached hydrogen (secondary N) is 1. The van der Waals surface area contributed by atoms with E-state index in [1.54, 1.807) is 0 Å². The number of hydrogen-bond acceptors (Lipinski definition) is 3. The van der Waals surface area contributed by atoms with Crippen molar-refractivity contribution in [3.8, 4) is 0 Å². The molecule has 0 aliphatic carbocycles. The molecular formula is C16H31N3. The third-order valence-electron chi connectivity index (χ3n) is 5.89. The second kappa shape index (κ2) is 5.71. The Morgan fingerprint density at radius 1 is 1.05 bits per heavy atom. The summed E-state index contributed by atoms with van der Waals surface area (Å²) < 4.78 is 0. The lowest BCUT2D eigenvalue weighted by molar-refractivity contribution is -0.0469. The van der Waals surface area contributed by atoms with Crippen LogP contribution in [0.2, 0.25) is 0 Å². The lowest BCUT2D eigenvalue weighted by Gasteiger charge is -2.55. The first-order valence-electron chi connectivity index (χ1n) is 8.32. The van der Waals surface area contributed by atoms with Crippen LogP contribution in [0, 0.1) is 5.92 Å². The van der Waals surface area contributed by atoms with Gasteiger partial charge in [-0.15, -0.1) is 0 Å². The van der Waals surface area contributed by atoms with Crippen molar-refractivity contribution in [3.63, 3.8) is 0 Å². The fourth-order valence-corrected chi connectivity index (χ4v) is 4.98. The van der Waals surface area contributed by atoms with Gasteiger partial charge in [0.15, 0.2) is 0 Å². The second-order valence-corrected chi connectivity index (χ2v) is 7.24. The van der Waals surface area contributed by atoms with Gasteiger partial charge in [0.05, 0.1) is 0 Å². The summed E-state index contributed by atoms with van der Waals surface area (Å²) in [5.74, 6) is 0.841. The van der Waals surface area contributed by atoms with Crippen molar-refractivity contribution in [2.75, 3.05) is 27.2 Å². The molecule has 1 N–H and O–H groups in total. The molecule has 0 saturated carbocycles. The quantitative estimate of drug-likeness (QED) is 0.823. The number of likely N-dealkylation sites (tertiary alicyclic amines) is 1. The monoisotopic (exact) mass is 265 g/mol. The highest BCUT2D eigenvalue weighted by Gasteiger charge is 2.43. The maximum Gasteiger partial charge on any atom is 0.0151 e. The third kappa shape index (κ3) is 2.70. The minimum atomic E-state index is 0.771. The summed E-state index contributed by atoms with van der Waals surface area (Å²) in [5.41, 5.74) is 0. The standard InChI is InChI=1S/C16H31N3/c1-12-11-18(3)8-7-16(12)19-14-5-4-6-15(19)10-13(9-14)17-2/h12-17H,4-11H2,1-3H3. The number of nitrogens with zero attached hydrogens (tertiary/aromatic N) is 2. The molecule has 0 amide bonds. The highest BCUT2D eigenvalue weighted by Crippen LogP contribution is 2.38. The van der Waals surface area contributed by atoms with E-state index in [9.17, 15) is 0 Å². The minimum Gasteiger partial charge on any atom is -0.317 e. The van der Waals surface area contributed by atoms with Crippen molar-refractivity contribution >= 4 is 0 Å². The van der Waals surface area contributed by atoms with Crippen LogP contribution in [-0.4, -0.2) is 61.2 Å². The summed E-state index contributed by atoms with van der Waals surface area (Å²) >= 11 is 0. The van der Waals surface area contributed by atoms with E-state index in [1.165, 1.54) is 51.6 Å². The Bertz CT molecular complexity index is 292. The molecule has 4 atom stereocenters. The Labute approximate surface area is 118 Å². The Hall–Kier alpha value is -0.120. The van der Waals surface area contributed by atoms with Crippen LogP contribution >= 0.6 is 0 Å². The molecular weight excluding hydrogens is 234 g/mol. The number of rotatable bonds is 2. The first kappa shape index (κ1) is 13.8. The normalized spacial score (nSPS) is 45.3. The van der Waals surface area contributed by atoms with Gasteiger partial charge in [0.1, 0.15) is 0 Å². The smallest absolute Gasteiger partial charge is 0.0151 e. The summed E-state index contributed by atoms with van der Waals surface area (Å²) in [7, 11) is 4.43. The Kier molecular flexibility index (Phi) is 4.16. The van der Waals surface area contributed by atoms with Gasteiger partial charge in [-0.3, -0.25) is 4.90 Å². The number of piperidine rings is 3. The molecule has 3 aliphatic rings. The summed E-state index contributed by atoms with van der Waals surface area (Å²) in [6.45, 7) is 5.05. The fraction of sp³-hybridized carbons (Fsp3) is 1.00. The third-order valence-corrected chi connectivity index (χ3v) is 5.89. The predicted molar refractivity (Wildman–Crippen MR) is 80.4 cm³/mol. The highest BCUT2D eigenvalue weighted by atomic mass is 15.3. The Balaban J connectivity index is 1.73. The molecule has 2 bridgehead atoms. The lowest BCUT2D eigenvalue weighted by atomic mass is 9.78. The van der Waals surface area contributed by atoms with Crippen molar-refractivity contribution in [1.29, 1.82) is 0 Å². The molecule has 3 saturated heterocycles. The molecule has 0 spiro atoms. The zero-order valence-electron chi connectivity index (χ0n) is 12.9. The van der Waals surface area contributed by atoms with Crippen molar-refractivity contribution < 1.29 is 0 Å². The van der Waals surface area contributed by atoms with Crippen molar-refractivity contribution in [2.24, 2.45) is 5.92 Å². The predicted octanol–water partition coefficient (Wildman–Crippen LogP) is 1.93. The molecule has 3 fully saturated rings. The molecule has 3 nitrogen and oxygen atoms in total. The van der Waals surface area contributed by atoms with E-state index in [0.29, 0.717) is 0 Å². The molecule has 3 aliphatic heterocycles. The van der Waals surface area contributed by atoms with Crippen LogP contribution in [-0.2, 0) is 0 Å². The van der Waals surface area contributed by atoms with Gasteiger partial charge in [-0.05, 0) is 58.7 Å². The van der Waals surface area contributed by atoms with E-state index < -0.39 is 0 Å². The summed E-state index contributed by atoms with van der Waals surface area (Å²) in [6.07, 6.45) is 8.48. The van der Waals surface area contributed by atoms with E-state index in [-0.39, 0.29) is 0 Å². The molecule has 110 valence electrons. The van der Waals surface area contributed by atoms with Gasteiger partial charge in [0.2, 0.25) is 0 Å². The molecule has 0 radical (unpaired) electrons. The zero-order valence-corrected chi connectivity index (χ0v) is 12.9. The molecule has 3 heteroatoms. The average molecular weight is 265 g/mol. The van der Waals surface area contributed by atoms with Gasteiger partial charge in [0.25, 0.3) is 0 Å². The Morgan fingerprint density at radius 3 is 2.32 bits per heavy atom. The van der Waals surface area contributed by atoms with E-state index >= 15 is 0 Å². The van der Waals surface area contributed by atoms with Crippen molar-refractivity contribution in [2.45, 2.75) is 69.6 Å². The first-order chi connectivity index (χ1) is 9.19. The molecule has 4 unspecified atom stereocenters. The van der Waals surface area contributed by atoms with E-state index in [1.807, 2.05) is 0 Å². The summed E-state index contributed by atoms with van der Waals surface area (Å²) in [5, 5.41) is 3.54. The SMILES string of the molecule is CNC1CC2CCCC(C1)N2C1CCN(C)CC1C. The first-order valence-corrected chi connectivity index (χ1v) is 8.32. The lowest BCUT2D eigenvalue weighted by Crippen LogP contribution is -2.62. The van der Waals surface area contributed by atoms with Crippen LogP contribution in [0.3, 0.4) is 0 Å². The summed E-state index contributed by atoms with van der Waals surface area (Å²) in [4.78, 5) is 5.48. The van der Waals surface area contributed by atoms with E-state index in [0.717, 1.165) is 30.1 Å². The summed E-state index contributed by atoms with van der Waals surface area (Å²) in [6, 6.07) is 3.35. The van der Waals surface area contributed by atoms with Gasteiger partial charge in [-0.2, -0.15) is 0 Å². The van der Waals surface area contributed by atoms with E-state index in [4.69, 9.17) is 0 Å². The molecule has 3 heterocycles. The molecule has 0 aromatic heterocycles.